The Bertz CT molecular complexity index is 398. The fourth-order valence-corrected chi connectivity index (χ4v) is 2.09. The highest BCUT2D eigenvalue weighted by Gasteiger charge is 2.26. The van der Waals surface area contributed by atoms with E-state index >= 15 is 0 Å². The summed E-state index contributed by atoms with van der Waals surface area (Å²) in [6.45, 7) is 4.72. The molecule has 15 heavy (non-hydrogen) atoms. The molecule has 0 radical (unpaired) electrons. The van der Waals surface area contributed by atoms with Gasteiger partial charge in [0.2, 0.25) is 0 Å². The maximum atomic E-state index is 11.1. The summed E-state index contributed by atoms with van der Waals surface area (Å²) < 4.78 is 1.48. The van der Waals surface area contributed by atoms with Crippen LogP contribution in [0, 0.1) is 0 Å². The molecule has 0 spiro atoms. The third-order valence-electron chi connectivity index (χ3n) is 2.92. The second kappa shape index (κ2) is 3.66. The maximum Gasteiger partial charge on any atom is 0.354 e. The number of rotatable bonds is 2. The lowest BCUT2D eigenvalue weighted by Gasteiger charge is -2.24. The summed E-state index contributed by atoms with van der Waals surface area (Å²) >= 11 is 0. The average Bonchev–Trinajstić information content (AvgIpc) is 2.52. The predicted octanol–water partition coefficient (Wildman–Crippen LogP) is 0.496. The number of carbonyl (C=O) groups is 1. The largest absolute Gasteiger partial charge is 0.477 e. The summed E-state index contributed by atoms with van der Waals surface area (Å²) in [5.74, 6) is -0.885. The van der Waals surface area contributed by atoms with Gasteiger partial charge in [-0.3, -0.25) is 9.58 Å². The number of likely N-dealkylation sites (N-methyl/N-ethyl adjacent to an activating group) is 1. The number of hydrogen-bond acceptors (Lipinski definition) is 3. The van der Waals surface area contributed by atoms with Crippen molar-refractivity contribution >= 4 is 5.97 Å². The molecule has 0 amide bonds. The van der Waals surface area contributed by atoms with E-state index in [0.717, 1.165) is 30.8 Å². The van der Waals surface area contributed by atoms with Gasteiger partial charge in [0, 0.05) is 32.1 Å². The lowest BCUT2D eigenvalue weighted by molar-refractivity contribution is 0.0682. The zero-order chi connectivity index (χ0) is 11.0. The smallest absolute Gasteiger partial charge is 0.354 e. The lowest BCUT2D eigenvalue weighted by Crippen LogP contribution is -2.30. The van der Waals surface area contributed by atoms with Gasteiger partial charge in [-0.1, -0.05) is 6.92 Å². The summed E-state index contributed by atoms with van der Waals surface area (Å²) in [4.78, 5) is 13.3. The van der Waals surface area contributed by atoms with E-state index in [0.29, 0.717) is 12.2 Å². The van der Waals surface area contributed by atoms with Crippen molar-refractivity contribution in [1.82, 2.24) is 14.7 Å². The summed E-state index contributed by atoms with van der Waals surface area (Å²) in [6, 6.07) is 0. The van der Waals surface area contributed by atoms with Crippen LogP contribution in [0.25, 0.3) is 0 Å². The van der Waals surface area contributed by atoms with Crippen molar-refractivity contribution in [2.75, 3.05) is 13.1 Å². The zero-order valence-electron chi connectivity index (χ0n) is 9.03. The first-order chi connectivity index (χ1) is 7.13. The Morgan fingerprint density at radius 3 is 2.93 bits per heavy atom. The monoisotopic (exact) mass is 209 g/mol. The highest BCUT2D eigenvalue weighted by molar-refractivity contribution is 5.87. The number of fused-ring (bicyclic) bond motifs is 1. The molecular weight excluding hydrogens is 194 g/mol. The number of aromatic carboxylic acids is 1. The van der Waals surface area contributed by atoms with Crippen LogP contribution in [0.1, 0.15) is 28.7 Å². The number of nitrogens with zero attached hydrogens (tertiary/aromatic N) is 3. The predicted molar refractivity (Wildman–Crippen MR) is 54.8 cm³/mol. The normalized spacial score (nSPS) is 16.4. The first-order valence-corrected chi connectivity index (χ1v) is 5.14. The van der Waals surface area contributed by atoms with Crippen LogP contribution in [0.15, 0.2) is 0 Å². The summed E-state index contributed by atoms with van der Waals surface area (Å²) in [5, 5.41) is 13.3. The van der Waals surface area contributed by atoms with Gasteiger partial charge in [0.05, 0.1) is 5.69 Å². The molecule has 0 bridgehead atoms. The Hall–Kier alpha value is -1.36. The SMILES string of the molecule is CCN1CCc2nn(C)c(C(=O)O)c2C1. The molecule has 0 atom stereocenters. The molecule has 0 saturated carbocycles. The first kappa shape index (κ1) is 10.2. The molecule has 1 aromatic heterocycles. The molecule has 5 nitrogen and oxygen atoms in total. The molecule has 1 N–H and O–H groups in total. The van der Waals surface area contributed by atoms with Crippen LogP contribution in [0.4, 0.5) is 0 Å². The maximum absolute atomic E-state index is 11.1. The Morgan fingerprint density at radius 2 is 2.33 bits per heavy atom. The summed E-state index contributed by atoms with van der Waals surface area (Å²) in [7, 11) is 1.69. The van der Waals surface area contributed by atoms with Crippen LogP contribution in [0.2, 0.25) is 0 Å². The zero-order valence-corrected chi connectivity index (χ0v) is 9.03. The van der Waals surface area contributed by atoms with Crippen molar-refractivity contribution in [3.8, 4) is 0 Å². The molecule has 0 saturated heterocycles. The molecule has 5 heteroatoms. The minimum Gasteiger partial charge on any atom is -0.477 e. The van der Waals surface area contributed by atoms with E-state index in [1.54, 1.807) is 7.05 Å². The van der Waals surface area contributed by atoms with E-state index in [1.807, 2.05) is 0 Å². The third-order valence-corrected chi connectivity index (χ3v) is 2.92. The van der Waals surface area contributed by atoms with Crippen molar-refractivity contribution in [2.45, 2.75) is 19.9 Å². The van der Waals surface area contributed by atoms with Gasteiger partial charge in [0.25, 0.3) is 0 Å². The van der Waals surface area contributed by atoms with Gasteiger partial charge in [-0.2, -0.15) is 5.10 Å². The fraction of sp³-hybridized carbons (Fsp3) is 0.600. The van der Waals surface area contributed by atoms with Crippen LogP contribution in [-0.4, -0.2) is 38.8 Å². The number of aromatic nitrogens is 2. The third kappa shape index (κ3) is 1.63. The van der Waals surface area contributed by atoms with Gasteiger partial charge >= 0.3 is 5.97 Å². The molecule has 0 aromatic carbocycles. The van der Waals surface area contributed by atoms with Crippen molar-refractivity contribution in [2.24, 2.45) is 7.05 Å². The van der Waals surface area contributed by atoms with Crippen LogP contribution >= 0.6 is 0 Å². The molecule has 1 aliphatic heterocycles. The van der Waals surface area contributed by atoms with Crippen molar-refractivity contribution < 1.29 is 9.90 Å². The molecule has 82 valence electrons. The molecule has 2 rings (SSSR count). The molecule has 0 fully saturated rings. The van der Waals surface area contributed by atoms with E-state index in [4.69, 9.17) is 5.11 Å². The molecule has 1 aromatic rings. The molecule has 0 unspecified atom stereocenters. The van der Waals surface area contributed by atoms with Gasteiger partial charge in [-0.05, 0) is 6.54 Å². The van der Waals surface area contributed by atoms with E-state index in [2.05, 4.69) is 16.9 Å². The van der Waals surface area contributed by atoms with Crippen LogP contribution < -0.4 is 0 Å². The highest BCUT2D eigenvalue weighted by Crippen LogP contribution is 2.21. The van der Waals surface area contributed by atoms with Gasteiger partial charge in [0.15, 0.2) is 5.69 Å². The van der Waals surface area contributed by atoms with Crippen LogP contribution in [0.5, 0.6) is 0 Å². The molecular formula is C10H15N3O2. The molecule has 2 heterocycles. The quantitative estimate of drug-likeness (QED) is 0.770. The Labute approximate surface area is 88.3 Å². The minimum atomic E-state index is -0.885. The van der Waals surface area contributed by atoms with Crippen LogP contribution in [0.3, 0.4) is 0 Å². The molecule has 0 aliphatic carbocycles. The van der Waals surface area contributed by atoms with Gasteiger partial charge in [-0.15, -0.1) is 0 Å². The van der Waals surface area contributed by atoms with Gasteiger partial charge in [0.1, 0.15) is 0 Å². The van der Waals surface area contributed by atoms with Gasteiger partial charge in [-0.25, -0.2) is 4.79 Å². The number of carboxylic acid groups (broad SMARTS) is 1. The van der Waals surface area contributed by atoms with Crippen LogP contribution in [-0.2, 0) is 20.0 Å². The Balaban J connectivity index is 2.42. The summed E-state index contributed by atoms with van der Waals surface area (Å²) in [6.07, 6.45) is 0.851. The second-order valence-electron chi connectivity index (χ2n) is 3.82. The van der Waals surface area contributed by atoms with E-state index in [1.165, 1.54) is 4.68 Å². The van der Waals surface area contributed by atoms with Gasteiger partial charge < -0.3 is 5.11 Å². The number of aryl methyl sites for hydroxylation is 1. The Kier molecular flexibility index (Phi) is 2.48. The fourth-order valence-electron chi connectivity index (χ4n) is 2.09. The van der Waals surface area contributed by atoms with Crippen molar-refractivity contribution in [3.05, 3.63) is 17.0 Å². The minimum absolute atomic E-state index is 0.336. The van der Waals surface area contributed by atoms with Crippen molar-refractivity contribution in [3.63, 3.8) is 0 Å². The highest BCUT2D eigenvalue weighted by atomic mass is 16.4. The number of hydrogen-bond donors (Lipinski definition) is 1. The summed E-state index contributed by atoms with van der Waals surface area (Å²) in [5.41, 5.74) is 2.17. The van der Waals surface area contributed by atoms with Crippen molar-refractivity contribution in [1.29, 1.82) is 0 Å². The Morgan fingerprint density at radius 1 is 1.60 bits per heavy atom. The van der Waals surface area contributed by atoms with E-state index < -0.39 is 5.97 Å². The number of carboxylic acids is 1. The first-order valence-electron chi connectivity index (χ1n) is 5.14. The van der Waals surface area contributed by atoms with E-state index in [9.17, 15) is 4.79 Å². The standard InChI is InChI=1S/C10H15N3O2/c1-3-13-5-4-8-7(6-13)9(10(14)15)12(2)11-8/h3-6H2,1-2H3,(H,14,15). The topological polar surface area (TPSA) is 58.4 Å². The van der Waals surface area contributed by atoms with E-state index in [-0.39, 0.29) is 0 Å². The second-order valence-corrected chi connectivity index (χ2v) is 3.82. The molecule has 1 aliphatic rings. The lowest BCUT2D eigenvalue weighted by atomic mass is 10.1. The average molecular weight is 209 g/mol.